The molecule has 112 valence electrons. The number of hydrogen-bond donors (Lipinski definition) is 1. The third-order valence-corrected chi connectivity index (χ3v) is 3.52. The van der Waals surface area contributed by atoms with Crippen molar-refractivity contribution in [1.29, 1.82) is 0 Å². The first-order chi connectivity index (χ1) is 10.0. The molecule has 0 spiro atoms. The van der Waals surface area contributed by atoms with Crippen molar-refractivity contribution < 1.29 is 4.74 Å². The van der Waals surface area contributed by atoms with Crippen LogP contribution in [0.1, 0.15) is 25.0 Å². The molecule has 0 radical (unpaired) electrons. The Hall–Kier alpha value is -1.22. The van der Waals surface area contributed by atoms with Crippen molar-refractivity contribution >= 4 is 23.2 Å². The average Bonchev–Trinajstić information content (AvgIpc) is 2.44. The van der Waals surface area contributed by atoms with E-state index in [9.17, 15) is 0 Å². The zero-order valence-electron chi connectivity index (χ0n) is 12.2. The Morgan fingerprint density at radius 2 is 1.86 bits per heavy atom. The van der Waals surface area contributed by atoms with Crippen molar-refractivity contribution in [2.45, 2.75) is 33.0 Å². The fourth-order valence-corrected chi connectivity index (χ4v) is 2.35. The molecule has 0 aromatic heterocycles. The molecular weight excluding hydrogens is 305 g/mol. The van der Waals surface area contributed by atoms with Crippen LogP contribution in [0.2, 0.25) is 10.0 Å². The number of rotatable bonds is 6. The van der Waals surface area contributed by atoms with Crippen molar-refractivity contribution in [3.63, 3.8) is 0 Å². The first kappa shape index (κ1) is 16.2. The summed E-state index contributed by atoms with van der Waals surface area (Å²) in [5.41, 5.74) is 2.16. The van der Waals surface area contributed by atoms with E-state index >= 15 is 0 Å². The summed E-state index contributed by atoms with van der Waals surface area (Å²) < 4.78 is 5.75. The third-order valence-electron chi connectivity index (χ3n) is 2.99. The quantitative estimate of drug-likeness (QED) is 0.801. The normalized spacial score (nSPS) is 10.9. The maximum absolute atomic E-state index is 6.26. The molecule has 0 atom stereocenters. The summed E-state index contributed by atoms with van der Waals surface area (Å²) in [4.78, 5) is 0. The molecular formula is C17H19Cl2NO. The van der Waals surface area contributed by atoms with Crippen LogP contribution in [0.5, 0.6) is 5.75 Å². The molecule has 0 saturated carbocycles. The maximum atomic E-state index is 6.26. The van der Waals surface area contributed by atoms with Gasteiger partial charge in [0, 0.05) is 17.6 Å². The van der Waals surface area contributed by atoms with Gasteiger partial charge in [0.05, 0.1) is 5.02 Å². The van der Waals surface area contributed by atoms with Gasteiger partial charge in [-0.2, -0.15) is 0 Å². The number of nitrogens with one attached hydrogen (secondary N) is 1. The molecule has 21 heavy (non-hydrogen) atoms. The monoisotopic (exact) mass is 323 g/mol. The molecule has 2 aromatic carbocycles. The number of benzene rings is 2. The summed E-state index contributed by atoms with van der Waals surface area (Å²) >= 11 is 12.2. The molecule has 0 bridgehead atoms. The van der Waals surface area contributed by atoms with E-state index in [2.05, 4.69) is 19.2 Å². The fourth-order valence-electron chi connectivity index (χ4n) is 1.88. The highest BCUT2D eigenvalue weighted by molar-refractivity contribution is 6.32. The van der Waals surface area contributed by atoms with Crippen molar-refractivity contribution in [3.05, 3.63) is 63.6 Å². The fraction of sp³-hybridized carbons (Fsp3) is 0.294. The lowest BCUT2D eigenvalue weighted by atomic mass is 10.2. The van der Waals surface area contributed by atoms with Gasteiger partial charge in [-0.05, 0) is 35.4 Å². The van der Waals surface area contributed by atoms with Crippen LogP contribution in [0.4, 0.5) is 0 Å². The molecule has 0 aliphatic carbocycles. The lowest BCUT2D eigenvalue weighted by molar-refractivity contribution is 0.306. The van der Waals surface area contributed by atoms with E-state index in [4.69, 9.17) is 27.9 Å². The average molecular weight is 324 g/mol. The van der Waals surface area contributed by atoms with Crippen molar-refractivity contribution in [2.75, 3.05) is 0 Å². The Labute approximate surface area is 136 Å². The Bertz CT molecular complexity index is 599. The smallest absolute Gasteiger partial charge is 0.138 e. The molecule has 2 nitrogen and oxygen atoms in total. The topological polar surface area (TPSA) is 21.3 Å². The van der Waals surface area contributed by atoms with Gasteiger partial charge in [0.2, 0.25) is 0 Å². The van der Waals surface area contributed by atoms with Crippen molar-refractivity contribution in [2.24, 2.45) is 0 Å². The van der Waals surface area contributed by atoms with Gasteiger partial charge in [0.15, 0.2) is 0 Å². The minimum atomic E-state index is 0.447. The number of halogens is 2. The highest BCUT2D eigenvalue weighted by Gasteiger charge is 2.04. The SMILES string of the molecule is CC(C)NCc1ccc(OCc2cccc(Cl)c2)c(Cl)c1. The molecule has 0 amide bonds. The Kier molecular flexibility index (Phi) is 5.92. The lowest BCUT2D eigenvalue weighted by Gasteiger charge is -2.11. The second-order valence-corrected chi connectivity index (χ2v) is 6.06. The van der Waals surface area contributed by atoms with E-state index in [1.165, 1.54) is 0 Å². The summed E-state index contributed by atoms with van der Waals surface area (Å²) in [5.74, 6) is 0.685. The summed E-state index contributed by atoms with van der Waals surface area (Å²) in [5, 5.41) is 4.69. The highest BCUT2D eigenvalue weighted by Crippen LogP contribution is 2.26. The van der Waals surface area contributed by atoms with Crippen molar-refractivity contribution in [3.8, 4) is 5.75 Å². The molecule has 0 aliphatic rings. The predicted molar refractivity (Wildman–Crippen MR) is 89.2 cm³/mol. The van der Waals surface area contributed by atoms with Crippen LogP contribution in [0, 0.1) is 0 Å². The first-order valence-corrected chi connectivity index (χ1v) is 7.69. The van der Waals surface area contributed by atoms with Gasteiger partial charge in [-0.3, -0.25) is 0 Å². The largest absolute Gasteiger partial charge is 0.487 e. The first-order valence-electron chi connectivity index (χ1n) is 6.93. The molecule has 0 aliphatic heterocycles. The van der Waals surface area contributed by atoms with Gasteiger partial charge < -0.3 is 10.1 Å². The third kappa shape index (κ3) is 5.24. The van der Waals surface area contributed by atoms with Crippen LogP contribution in [-0.4, -0.2) is 6.04 Å². The molecule has 0 unspecified atom stereocenters. The lowest BCUT2D eigenvalue weighted by Crippen LogP contribution is -2.21. The van der Waals surface area contributed by atoms with E-state index in [0.29, 0.717) is 28.4 Å². The van der Waals surface area contributed by atoms with E-state index in [0.717, 1.165) is 17.7 Å². The number of hydrogen-bond acceptors (Lipinski definition) is 2. The van der Waals surface area contributed by atoms with E-state index in [1.807, 2.05) is 42.5 Å². The summed E-state index contributed by atoms with van der Waals surface area (Å²) in [7, 11) is 0. The van der Waals surface area contributed by atoms with Gasteiger partial charge in [-0.15, -0.1) is 0 Å². The predicted octanol–water partition coefficient (Wildman–Crippen LogP) is 5.07. The summed E-state index contributed by atoms with van der Waals surface area (Å²) in [6.07, 6.45) is 0. The van der Waals surface area contributed by atoms with Crippen LogP contribution in [0.25, 0.3) is 0 Å². The Balaban J connectivity index is 1.97. The zero-order chi connectivity index (χ0) is 15.2. The van der Waals surface area contributed by atoms with Gasteiger partial charge >= 0.3 is 0 Å². The van der Waals surface area contributed by atoms with E-state index in [1.54, 1.807) is 0 Å². The molecule has 0 saturated heterocycles. The van der Waals surface area contributed by atoms with Gasteiger partial charge in [0.1, 0.15) is 12.4 Å². The summed E-state index contributed by atoms with van der Waals surface area (Å²) in [6.45, 7) is 5.48. The number of ether oxygens (including phenoxy) is 1. The summed E-state index contributed by atoms with van der Waals surface area (Å²) in [6, 6.07) is 13.9. The molecule has 2 rings (SSSR count). The highest BCUT2D eigenvalue weighted by atomic mass is 35.5. The van der Waals surface area contributed by atoms with Crippen LogP contribution in [-0.2, 0) is 13.2 Å². The molecule has 2 aromatic rings. The van der Waals surface area contributed by atoms with Gasteiger partial charge in [-0.1, -0.05) is 55.2 Å². The molecule has 0 heterocycles. The van der Waals surface area contributed by atoms with E-state index in [-0.39, 0.29) is 0 Å². The molecule has 4 heteroatoms. The van der Waals surface area contributed by atoms with Gasteiger partial charge in [-0.25, -0.2) is 0 Å². The minimum Gasteiger partial charge on any atom is -0.487 e. The van der Waals surface area contributed by atoms with Crippen LogP contribution < -0.4 is 10.1 Å². The standard InChI is InChI=1S/C17H19Cl2NO/c1-12(2)20-10-13-6-7-17(16(19)9-13)21-11-14-4-3-5-15(18)8-14/h3-9,12,20H,10-11H2,1-2H3. The van der Waals surface area contributed by atoms with Crippen LogP contribution in [0.15, 0.2) is 42.5 Å². The second-order valence-electron chi connectivity index (χ2n) is 5.22. The van der Waals surface area contributed by atoms with Crippen LogP contribution in [0.3, 0.4) is 0 Å². The second kappa shape index (κ2) is 7.69. The molecule has 0 fully saturated rings. The minimum absolute atomic E-state index is 0.447. The zero-order valence-corrected chi connectivity index (χ0v) is 13.7. The van der Waals surface area contributed by atoms with Gasteiger partial charge in [0.25, 0.3) is 0 Å². The van der Waals surface area contributed by atoms with Crippen LogP contribution >= 0.6 is 23.2 Å². The van der Waals surface area contributed by atoms with Crippen molar-refractivity contribution in [1.82, 2.24) is 5.32 Å². The maximum Gasteiger partial charge on any atom is 0.138 e. The Morgan fingerprint density at radius 3 is 2.52 bits per heavy atom. The van der Waals surface area contributed by atoms with E-state index < -0.39 is 0 Å². The Morgan fingerprint density at radius 1 is 1.05 bits per heavy atom. The molecule has 1 N–H and O–H groups in total.